The van der Waals surface area contributed by atoms with Gasteiger partial charge in [-0.1, -0.05) is 0 Å². The van der Waals surface area contributed by atoms with Gasteiger partial charge in [-0.3, -0.25) is 4.79 Å². The lowest BCUT2D eigenvalue weighted by Gasteiger charge is -2.14. The molecule has 0 bridgehead atoms. The fourth-order valence-electron chi connectivity index (χ4n) is 3.59. The number of nitrogens with one attached hydrogen (secondary N) is 1. The van der Waals surface area contributed by atoms with Crippen LogP contribution < -0.4 is 10.1 Å². The Bertz CT molecular complexity index is 1190. The number of rotatable bonds is 7. The molecule has 0 aliphatic rings. The quantitative estimate of drug-likeness (QED) is 0.365. The van der Waals surface area contributed by atoms with Crippen molar-refractivity contribution in [1.29, 1.82) is 0 Å². The Morgan fingerprint density at radius 3 is 2.34 bits per heavy atom. The number of carbonyl (C=O) groups is 2. The average Bonchev–Trinajstić information content (AvgIpc) is 3.04. The summed E-state index contributed by atoms with van der Waals surface area (Å²) in [4.78, 5) is 24.4. The molecule has 1 heterocycles. The summed E-state index contributed by atoms with van der Waals surface area (Å²) >= 11 is 0. The molecule has 168 valence electrons. The number of amides is 1. The Morgan fingerprint density at radius 2 is 1.72 bits per heavy atom. The topological polar surface area (TPSA) is 77.8 Å². The summed E-state index contributed by atoms with van der Waals surface area (Å²) in [5.74, 6) is 0.925. The van der Waals surface area contributed by atoms with E-state index in [-0.39, 0.29) is 11.9 Å². The van der Waals surface area contributed by atoms with Gasteiger partial charge in [0.15, 0.2) is 0 Å². The van der Waals surface area contributed by atoms with Gasteiger partial charge in [0.1, 0.15) is 17.1 Å². The van der Waals surface area contributed by atoms with E-state index in [0.717, 1.165) is 39.0 Å². The Morgan fingerprint density at radius 1 is 1.03 bits per heavy atom. The molecule has 0 fully saturated rings. The number of furan rings is 1. The van der Waals surface area contributed by atoms with Gasteiger partial charge in [0, 0.05) is 28.3 Å². The van der Waals surface area contributed by atoms with Crippen LogP contribution in [0.4, 0.5) is 5.69 Å². The van der Waals surface area contributed by atoms with Crippen molar-refractivity contribution in [2.24, 2.45) is 0 Å². The van der Waals surface area contributed by atoms with E-state index in [4.69, 9.17) is 13.9 Å². The number of allylic oxidation sites excluding steroid dienone is 1. The highest BCUT2D eigenvalue weighted by Crippen LogP contribution is 2.38. The molecule has 3 rings (SSSR count). The first-order valence-corrected chi connectivity index (χ1v) is 10.7. The number of aryl methyl sites for hydroxylation is 3. The molecule has 0 saturated carbocycles. The normalized spacial score (nSPS) is 11.5. The maximum absolute atomic E-state index is 12.7. The largest absolute Gasteiger partial charge is 0.493 e. The number of hydrogen-bond acceptors (Lipinski definition) is 5. The van der Waals surface area contributed by atoms with Gasteiger partial charge in [-0.05, 0) is 83.0 Å². The molecule has 1 aromatic heterocycles. The van der Waals surface area contributed by atoms with E-state index in [0.29, 0.717) is 30.2 Å². The minimum absolute atomic E-state index is 0.272. The third-order valence-electron chi connectivity index (χ3n) is 5.37. The number of esters is 1. The number of hydrogen-bond donors (Lipinski definition) is 1. The maximum atomic E-state index is 12.7. The number of anilines is 1. The summed E-state index contributed by atoms with van der Waals surface area (Å²) in [7, 11) is 0. The standard InChI is InChI=1S/C26H29NO5/c1-7-30-24-17(5)25-22(16(4)18(6)32-25)14-21(24)15(3)13-23(28)27-20-11-9-19(10-12-20)26(29)31-8-2/h9-14H,7-8H2,1-6H3,(H,27,28)/b15-13+. The van der Waals surface area contributed by atoms with Crippen LogP contribution in [0.3, 0.4) is 0 Å². The van der Waals surface area contributed by atoms with Crippen LogP contribution in [0.15, 0.2) is 40.8 Å². The van der Waals surface area contributed by atoms with Crippen LogP contribution in [0.5, 0.6) is 5.75 Å². The monoisotopic (exact) mass is 435 g/mol. The molecular weight excluding hydrogens is 406 g/mol. The molecule has 1 N–H and O–H groups in total. The zero-order chi connectivity index (χ0) is 23.4. The van der Waals surface area contributed by atoms with E-state index >= 15 is 0 Å². The Balaban J connectivity index is 1.89. The highest BCUT2D eigenvalue weighted by atomic mass is 16.5. The van der Waals surface area contributed by atoms with Gasteiger partial charge >= 0.3 is 5.97 Å². The first kappa shape index (κ1) is 23.1. The van der Waals surface area contributed by atoms with E-state index in [2.05, 4.69) is 5.32 Å². The van der Waals surface area contributed by atoms with Gasteiger partial charge in [0.05, 0.1) is 18.8 Å². The second kappa shape index (κ2) is 9.73. The highest BCUT2D eigenvalue weighted by molar-refractivity contribution is 6.05. The third kappa shape index (κ3) is 4.69. The summed E-state index contributed by atoms with van der Waals surface area (Å²) < 4.78 is 16.8. The molecule has 0 radical (unpaired) electrons. The lowest BCUT2D eigenvalue weighted by atomic mass is 9.98. The van der Waals surface area contributed by atoms with Crippen LogP contribution in [0.1, 0.15) is 53.6 Å². The van der Waals surface area contributed by atoms with Crippen LogP contribution in [-0.2, 0) is 9.53 Å². The highest BCUT2D eigenvalue weighted by Gasteiger charge is 2.19. The van der Waals surface area contributed by atoms with Crippen molar-refractivity contribution in [3.8, 4) is 5.75 Å². The fourth-order valence-corrected chi connectivity index (χ4v) is 3.59. The molecule has 0 unspecified atom stereocenters. The van der Waals surface area contributed by atoms with Crippen LogP contribution >= 0.6 is 0 Å². The van der Waals surface area contributed by atoms with Crippen molar-refractivity contribution in [3.05, 3.63) is 64.4 Å². The lowest BCUT2D eigenvalue weighted by molar-refractivity contribution is -0.111. The summed E-state index contributed by atoms with van der Waals surface area (Å²) in [6.45, 7) is 12.3. The predicted octanol–water partition coefficient (Wildman–Crippen LogP) is 5.98. The predicted molar refractivity (Wildman–Crippen MR) is 126 cm³/mol. The van der Waals surface area contributed by atoms with Crippen molar-refractivity contribution in [1.82, 2.24) is 0 Å². The average molecular weight is 436 g/mol. The minimum atomic E-state index is -0.389. The smallest absolute Gasteiger partial charge is 0.338 e. The molecule has 1 amide bonds. The molecule has 0 atom stereocenters. The second-order valence-corrected chi connectivity index (χ2v) is 7.59. The van der Waals surface area contributed by atoms with E-state index in [1.807, 2.05) is 40.7 Å². The number of carbonyl (C=O) groups excluding carboxylic acids is 2. The first-order chi connectivity index (χ1) is 15.3. The van der Waals surface area contributed by atoms with Gasteiger partial charge < -0.3 is 19.2 Å². The zero-order valence-electron chi connectivity index (χ0n) is 19.4. The van der Waals surface area contributed by atoms with Crippen LogP contribution in [0.2, 0.25) is 0 Å². The summed E-state index contributed by atoms with van der Waals surface area (Å²) in [5.41, 5.74) is 5.46. The van der Waals surface area contributed by atoms with Gasteiger partial charge in [-0.25, -0.2) is 4.79 Å². The summed E-state index contributed by atoms with van der Waals surface area (Å²) in [6, 6.07) is 8.61. The van der Waals surface area contributed by atoms with Crippen molar-refractivity contribution in [3.63, 3.8) is 0 Å². The van der Waals surface area contributed by atoms with Crippen molar-refractivity contribution in [2.45, 2.75) is 41.5 Å². The molecule has 0 spiro atoms. The molecule has 6 heteroatoms. The van der Waals surface area contributed by atoms with Gasteiger partial charge in [-0.2, -0.15) is 0 Å². The molecule has 3 aromatic rings. The number of ether oxygens (including phenoxy) is 2. The van der Waals surface area contributed by atoms with Crippen molar-refractivity contribution >= 4 is 34.1 Å². The summed E-state index contributed by atoms with van der Waals surface area (Å²) in [6.07, 6.45) is 1.55. The van der Waals surface area contributed by atoms with E-state index in [1.54, 1.807) is 37.3 Å². The third-order valence-corrected chi connectivity index (χ3v) is 5.37. The second-order valence-electron chi connectivity index (χ2n) is 7.59. The molecular formula is C26H29NO5. The van der Waals surface area contributed by atoms with Gasteiger partial charge in [0.25, 0.3) is 0 Å². The Labute approximate surface area is 188 Å². The lowest BCUT2D eigenvalue weighted by Crippen LogP contribution is -2.10. The van der Waals surface area contributed by atoms with Crippen LogP contribution in [0, 0.1) is 20.8 Å². The fraction of sp³-hybridized carbons (Fsp3) is 0.308. The van der Waals surface area contributed by atoms with Crippen LogP contribution in [-0.4, -0.2) is 25.1 Å². The molecule has 32 heavy (non-hydrogen) atoms. The Kier molecular flexibility index (Phi) is 7.03. The minimum Gasteiger partial charge on any atom is -0.493 e. The molecule has 0 saturated heterocycles. The molecule has 0 aliphatic heterocycles. The number of benzene rings is 2. The number of fused-ring (bicyclic) bond motifs is 1. The maximum Gasteiger partial charge on any atom is 0.338 e. The zero-order valence-corrected chi connectivity index (χ0v) is 19.4. The van der Waals surface area contributed by atoms with Crippen LogP contribution in [0.25, 0.3) is 16.5 Å². The van der Waals surface area contributed by atoms with Crippen molar-refractivity contribution in [2.75, 3.05) is 18.5 Å². The molecule has 6 nitrogen and oxygen atoms in total. The SMILES string of the molecule is CCOC(=O)c1ccc(NC(=O)/C=C(\C)c2cc3c(C)c(C)oc3c(C)c2OCC)cc1. The Hall–Kier alpha value is -3.54. The molecule has 2 aromatic carbocycles. The van der Waals surface area contributed by atoms with E-state index in [9.17, 15) is 9.59 Å². The van der Waals surface area contributed by atoms with Gasteiger partial charge in [-0.15, -0.1) is 0 Å². The van der Waals surface area contributed by atoms with Gasteiger partial charge in [0.2, 0.25) is 5.91 Å². The van der Waals surface area contributed by atoms with E-state index < -0.39 is 0 Å². The first-order valence-electron chi connectivity index (χ1n) is 10.7. The van der Waals surface area contributed by atoms with E-state index in [1.165, 1.54) is 0 Å². The molecule has 0 aliphatic carbocycles. The van der Waals surface area contributed by atoms with Crippen molar-refractivity contribution < 1.29 is 23.5 Å². The summed E-state index contributed by atoms with van der Waals surface area (Å²) in [5, 5.41) is 3.85.